The minimum atomic E-state index is 0.0251. The molecule has 3 nitrogen and oxygen atoms in total. The van der Waals surface area contributed by atoms with Gasteiger partial charge in [-0.05, 0) is 25.0 Å². The van der Waals surface area contributed by atoms with Gasteiger partial charge < -0.3 is 10.1 Å². The van der Waals surface area contributed by atoms with Gasteiger partial charge in [0.2, 0.25) is 0 Å². The van der Waals surface area contributed by atoms with E-state index in [0.717, 1.165) is 38.3 Å². The molecule has 1 aliphatic heterocycles. The highest BCUT2D eigenvalue weighted by molar-refractivity contribution is 6.18. The Labute approximate surface area is 101 Å². The Bertz CT molecular complexity index is 312. The number of aromatic nitrogens is 1. The second kappa shape index (κ2) is 5.62. The quantitative estimate of drug-likeness (QED) is 0.817. The third-order valence-electron chi connectivity index (χ3n) is 3.08. The van der Waals surface area contributed by atoms with Crippen LogP contribution in [0.3, 0.4) is 0 Å². The number of nitrogens with one attached hydrogen (secondary N) is 1. The monoisotopic (exact) mass is 240 g/mol. The number of hydrogen-bond acceptors (Lipinski definition) is 3. The summed E-state index contributed by atoms with van der Waals surface area (Å²) in [7, 11) is 0. The van der Waals surface area contributed by atoms with E-state index in [1.54, 1.807) is 0 Å². The number of hydrogen-bond donors (Lipinski definition) is 1. The third kappa shape index (κ3) is 2.94. The second-order valence-electron chi connectivity index (χ2n) is 4.20. The number of rotatable bonds is 4. The van der Waals surface area contributed by atoms with Gasteiger partial charge in [-0.15, -0.1) is 11.6 Å². The molecule has 2 rings (SSSR count). The van der Waals surface area contributed by atoms with E-state index < -0.39 is 0 Å². The summed E-state index contributed by atoms with van der Waals surface area (Å²) in [5.74, 6) is 0.628. The summed E-state index contributed by atoms with van der Waals surface area (Å²) in [6.07, 6.45) is 3.76. The standard InChI is InChI=1S/C12H17ClN2O/c13-10-12(4-7-16-8-5-12)15-9-11-3-1-2-6-14-11/h1-3,6,15H,4-5,7-10H2. The zero-order valence-corrected chi connectivity index (χ0v) is 10.0. The molecule has 0 unspecified atom stereocenters. The van der Waals surface area contributed by atoms with Crippen LogP contribution in [-0.4, -0.2) is 29.6 Å². The van der Waals surface area contributed by atoms with Gasteiger partial charge >= 0.3 is 0 Å². The maximum absolute atomic E-state index is 6.06. The first-order valence-corrected chi connectivity index (χ1v) is 6.17. The number of halogens is 1. The molecule has 16 heavy (non-hydrogen) atoms. The second-order valence-corrected chi connectivity index (χ2v) is 4.47. The Morgan fingerprint density at radius 2 is 2.19 bits per heavy atom. The summed E-state index contributed by atoms with van der Waals surface area (Å²) < 4.78 is 5.36. The first-order chi connectivity index (χ1) is 7.85. The summed E-state index contributed by atoms with van der Waals surface area (Å²) in [5, 5.41) is 3.53. The van der Waals surface area contributed by atoms with Gasteiger partial charge in [0, 0.05) is 37.4 Å². The number of ether oxygens (including phenoxy) is 1. The van der Waals surface area contributed by atoms with Crippen LogP contribution in [0.2, 0.25) is 0 Å². The summed E-state index contributed by atoms with van der Waals surface area (Å²) in [4.78, 5) is 4.29. The van der Waals surface area contributed by atoms with Gasteiger partial charge in [0.25, 0.3) is 0 Å². The lowest BCUT2D eigenvalue weighted by Crippen LogP contribution is -2.50. The number of alkyl halides is 1. The number of pyridine rings is 1. The van der Waals surface area contributed by atoms with E-state index >= 15 is 0 Å². The molecule has 1 aliphatic rings. The van der Waals surface area contributed by atoms with Crippen LogP contribution in [0, 0.1) is 0 Å². The Balaban J connectivity index is 1.92. The predicted molar refractivity (Wildman–Crippen MR) is 64.6 cm³/mol. The Morgan fingerprint density at radius 1 is 1.38 bits per heavy atom. The summed E-state index contributed by atoms with van der Waals surface area (Å²) in [5.41, 5.74) is 1.08. The van der Waals surface area contributed by atoms with Crippen molar-refractivity contribution in [2.75, 3.05) is 19.1 Å². The highest BCUT2D eigenvalue weighted by Crippen LogP contribution is 2.22. The molecule has 1 aromatic rings. The SMILES string of the molecule is ClCC1(NCc2ccccn2)CCOCC1. The molecular formula is C12H17ClN2O. The normalized spacial score (nSPS) is 19.6. The van der Waals surface area contributed by atoms with Crippen molar-refractivity contribution in [3.63, 3.8) is 0 Å². The third-order valence-corrected chi connectivity index (χ3v) is 3.59. The van der Waals surface area contributed by atoms with Crippen molar-refractivity contribution in [2.24, 2.45) is 0 Å². The van der Waals surface area contributed by atoms with Gasteiger partial charge in [-0.25, -0.2) is 0 Å². The van der Waals surface area contributed by atoms with E-state index in [2.05, 4.69) is 10.3 Å². The van der Waals surface area contributed by atoms with Crippen LogP contribution in [0.1, 0.15) is 18.5 Å². The first-order valence-electron chi connectivity index (χ1n) is 5.63. The molecule has 88 valence electrons. The van der Waals surface area contributed by atoms with Crippen molar-refractivity contribution in [1.29, 1.82) is 0 Å². The van der Waals surface area contributed by atoms with E-state index in [-0.39, 0.29) is 5.54 Å². The average Bonchev–Trinajstić information content (AvgIpc) is 2.39. The maximum Gasteiger partial charge on any atom is 0.0541 e. The molecule has 2 heterocycles. The molecule has 0 aliphatic carbocycles. The van der Waals surface area contributed by atoms with Crippen LogP contribution in [0.15, 0.2) is 24.4 Å². The van der Waals surface area contributed by atoms with E-state index in [1.807, 2.05) is 24.4 Å². The lowest BCUT2D eigenvalue weighted by Gasteiger charge is -2.36. The van der Waals surface area contributed by atoms with E-state index in [1.165, 1.54) is 0 Å². The molecule has 0 spiro atoms. The number of nitrogens with zero attached hydrogens (tertiary/aromatic N) is 1. The lowest BCUT2D eigenvalue weighted by molar-refractivity contribution is 0.0458. The van der Waals surface area contributed by atoms with Gasteiger partial charge in [-0.1, -0.05) is 6.07 Å². The van der Waals surface area contributed by atoms with Crippen LogP contribution in [0.5, 0.6) is 0 Å². The van der Waals surface area contributed by atoms with Crippen molar-refractivity contribution in [3.05, 3.63) is 30.1 Å². The van der Waals surface area contributed by atoms with Gasteiger partial charge in [0.15, 0.2) is 0 Å². The van der Waals surface area contributed by atoms with E-state index in [4.69, 9.17) is 16.3 Å². The molecule has 0 saturated carbocycles. The van der Waals surface area contributed by atoms with Crippen molar-refractivity contribution in [2.45, 2.75) is 24.9 Å². The molecule has 1 saturated heterocycles. The Morgan fingerprint density at radius 3 is 2.81 bits per heavy atom. The van der Waals surface area contributed by atoms with Gasteiger partial charge in [-0.2, -0.15) is 0 Å². The minimum Gasteiger partial charge on any atom is -0.381 e. The Hall–Kier alpha value is -0.640. The minimum absolute atomic E-state index is 0.0251. The molecule has 0 radical (unpaired) electrons. The zero-order chi connectivity index (χ0) is 11.3. The first kappa shape index (κ1) is 11.8. The van der Waals surface area contributed by atoms with Gasteiger partial charge in [0.05, 0.1) is 5.69 Å². The Kier molecular flexibility index (Phi) is 4.16. The highest BCUT2D eigenvalue weighted by atomic mass is 35.5. The molecule has 1 fully saturated rings. The van der Waals surface area contributed by atoms with E-state index in [0.29, 0.717) is 5.88 Å². The average molecular weight is 241 g/mol. The van der Waals surface area contributed by atoms with Crippen LogP contribution >= 0.6 is 11.6 Å². The maximum atomic E-state index is 6.06. The van der Waals surface area contributed by atoms with Crippen LogP contribution in [0.25, 0.3) is 0 Å². The topological polar surface area (TPSA) is 34.2 Å². The molecule has 1 aromatic heterocycles. The smallest absolute Gasteiger partial charge is 0.0541 e. The molecule has 0 bridgehead atoms. The van der Waals surface area contributed by atoms with Gasteiger partial charge in [-0.3, -0.25) is 4.98 Å². The van der Waals surface area contributed by atoms with Crippen LogP contribution in [-0.2, 0) is 11.3 Å². The summed E-state index contributed by atoms with van der Waals surface area (Å²) >= 11 is 6.06. The predicted octanol–water partition coefficient (Wildman–Crippen LogP) is 1.96. The largest absolute Gasteiger partial charge is 0.381 e. The molecule has 4 heteroatoms. The van der Waals surface area contributed by atoms with Crippen molar-refractivity contribution in [1.82, 2.24) is 10.3 Å². The molecule has 0 amide bonds. The van der Waals surface area contributed by atoms with Gasteiger partial charge in [0.1, 0.15) is 0 Å². The molecule has 1 N–H and O–H groups in total. The van der Waals surface area contributed by atoms with E-state index in [9.17, 15) is 0 Å². The van der Waals surface area contributed by atoms with Crippen LogP contribution in [0.4, 0.5) is 0 Å². The fourth-order valence-corrected chi connectivity index (χ4v) is 2.26. The highest BCUT2D eigenvalue weighted by Gasteiger charge is 2.30. The van der Waals surface area contributed by atoms with Crippen molar-refractivity contribution < 1.29 is 4.74 Å². The fourth-order valence-electron chi connectivity index (χ4n) is 1.90. The lowest BCUT2D eigenvalue weighted by atomic mass is 9.92. The molecule has 0 aromatic carbocycles. The van der Waals surface area contributed by atoms with Crippen LogP contribution < -0.4 is 5.32 Å². The van der Waals surface area contributed by atoms with Crippen molar-refractivity contribution >= 4 is 11.6 Å². The molecular weight excluding hydrogens is 224 g/mol. The molecule has 0 atom stereocenters. The summed E-state index contributed by atoms with van der Waals surface area (Å²) in [6.45, 7) is 2.36. The summed E-state index contributed by atoms with van der Waals surface area (Å²) in [6, 6.07) is 5.95. The van der Waals surface area contributed by atoms with Crippen molar-refractivity contribution in [3.8, 4) is 0 Å². The fraction of sp³-hybridized carbons (Fsp3) is 0.583. The zero-order valence-electron chi connectivity index (χ0n) is 9.29.